The summed E-state index contributed by atoms with van der Waals surface area (Å²) >= 11 is 0. The van der Waals surface area contributed by atoms with E-state index in [9.17, 15) is 29.7 Å². The standard InChI is InChI=1S/3C26H37NO3/c3*1-18(2)26(29)30-25-13-12-21(17-28)16-24(25)23(22-10-8-7-9-11-22)14-15-27(19(3)4)20(5)6/h3*7-13,16,18-20,23,28H,14-15,17H2,1-6H3/t3*23-/m111/s1. The Hall–Kier alpha value is -6.51. The van der Waals surface area contributed by atoms with Gasteiger partial charge < -0.3 is 29.5 Å². The minimum absolute atomic E-state index is 0.0446. The quantitative estimate of drug-likeness (QED) is 0.0291. The fourth-order valence-corrected chi connectivity index (χ4v) is 11.6. The number of ether oxygens (including phenoxy) is 3. The molecule has 0 aliphatic rings. The molecule has 0 heterocycles. The summed E-state index contributed by atoms with van der Waals surface area (Å²) in [6.07, 6.45) is 2.67. The number of carbonyl (C=O) groups excluding carboxylic acids is 3. The fraction of sp³-hybridized carbons (Fsp3) is 0.500. The minimum atomic E-state index is -0.245. The summed E-state index contributed by atoms with van der Waals surface area (Å²) in [5.74, 6) is 0.588. The summed E-state index contributed by atoms with van der Waals surface area (Å²) in [5.41, 5.74) is 8.86. The number of hydrogen-bond acceptors (Lipinski definition) is 12. The molecule has 0 radical (unpaired) electrons. The van der Waals surface area contributed by atoms with Crippen molar-refractivity contribution in [3.63, 3.8) is 0 Å². The number of rotatable bonds is 30. The normalized spacial score (nSPS) is 12.8. The molecule has 492 valence electrons. The Morgan fingerprint density at radius 1 is 0.322 bits per heavy atom. The molecule has 0 aromatic heterocycles. The van der Waals surface area contributed by atoms with Crippen LogP contribution in [0.2, 0.25) is 0 Å². The van der Waals surface area contributed by atoms with Crippen LogP contribution < -0.4 is 14.2 Å². The van der Waals surface area contributed by atoms with Gasteiger partial charge in [-0.3, -0.25) is 29.1 Å². The van der Waals surface area contributed by atoms with Gasteiger partial charge in [-0.05, 0) is 192 Å². The van der Waals surface area contributed by atoms with Crippen LogP contribution in [0, 0.1) is 17.8 Å². The molecule has 0 amide bonds. The molecule has 12 heteroatoms. The fourth-order valence-electron chi connectivity index (χ4n) is 11.6. The lowest BCUT2D eigenvalue weighted by Gasteiger charge is -2.32. The van der Waals surface area contributed by atoms with Gasteiger partial charge in [0.2, 0.25) is 0 Å². The third-order valence-corrected chi connectivity index (χ3v) is 16.6. The molecule has 3 N–H and O–H groups in total. The molecule has 90 heavy (non-hydrogen) atoms. The van der Waals surface area contributed by atoms with Crippen LogP contribution >= 0.6 is 0 Å². The van der Waals surface area contributed by atoms with Crippen molar-refractivity contribution in [3.05, 3.63) is 196 Å². The smallest absolute Gasteiger partial charge is 0.313 e. The largest absolute Gasteiger partial charge is 0.426 e. The number of carbonyl (C=O) groups is 3. The molecule has 0 unspecified atom stereocenters. The van der Waals surface area contributed by atoms with E-state index in [4.69, 9.17) is 14.2 Å². The number of nitrogens with zero attached hydrogens (tertiary/aromatic N) is 3. The van der Waals surface area contributed by atoms with Crippen molar-refractivity contribution in [2.45, 2.75) is 218 Å². The number of aliphatic hydroxyl groups excluding tert-OH is 3. The highest BCUT2D eigenvalue weighted by Crippen LogP contribution is 2.40. The predicted molar refractivity (Wildman–Crippen MR) is 368 cm³/mol. The molecule has 6 rings (SSSR count). The highest BCUT2D eigenvalue weighted by molar-refractivity contribution is 5.76. The number of benzene rings is 6. The zero-order chi connectivity index (χ0) is 66.8. The molecule has 6 aromatic rings. The molecule has 0 saturated heterocycles. The molecule has 3 atom stereocenters. The van der Waals surface area contributed by atoms with E-state index in [0.717, 1.165) is 72.3 Å². The van der Waals surface area contributed by atoms with Gasteiger partial charge in [0.05, 0.1) is 37.6 Å². The zero-order valence-corrected chi connectivity index (χ0v) is 57.8. The lowest BCUT2D eigenvalue weighted by atomic mass is 9.86. The minimum Gasteiger partial charge on any atom is -0.426 e. The van der Waals surface area contributed by atoms with Gasteiger partial charge in [-0.2, -0.15) is 0 Å². The van der Waals surface area contributed by atoms with Crippen molar-refractivity contribution in [1.29, 1.82) is 0 Å². The van der Waals surface area contributed by atoms with E-state index >= 15 is 0 Å². The number of aliphatic hydroxyl groups is 3. The third kappa shape index (κ3) is 23.6. The first-order valence-corrected chi connectivity index (χ1v) is 33.0. The van der Waals surface area contributed by atoms with Gasteiger partial charge in [-0.25, -0.2) is 0 Å². The average Bonchev–Trinajstić information content (AvgIpc) is 1.36. The van der Waals surface area contributed by atoms with Crippen LogP contribution in [0.25, 0.3) is 0 Å². The second kappa shape index (κ2) is 38.4. The molecular weight excluding hydrogens is 1120 g/mol. The lowest BCUT2D eigenvalue weighted by molar-refractivity contribution is -0.138. The number of esters is 3. The van der Waals surface area contributed by atoms with Gasteiger partial charge in [-0.15, -0.1) is 0 Å². The van der Waals surface area contributed by atoms with Gasteiger partial charge in [0.15, 0.2) is 0 Å². The topological polar surface area (TPSA) is 149 Å². The molecule has 12 nitrogen and oxygen atoms in total. The molecule has 0 aliphatic carbocycles. The van der Waals surface area contributed by atoms with Crippen molar-refractivity contribution >= 4 is 17.9 Å². The summed E-state index contributed by atoms with van der Waals surface area (Å²) in [6.45, 7) is 40.3. The molecule has 0 aliphatic heterocycles. The lowest BCUT2D eigenvalue weighted by Crippen LogP contribution is -2.38. The van der Waals surface area contributed by atoms with Crippen molar-refractivity contribution in [1.82, 2.24) is 14.7 Å². The Kier molecular flexibility index (Phi) is 32.4. The summed E-state index contributed by atoms with van der Waals surface area (Å²) in [7, 11) is 0. The van der Waals surface area contributed by atoms with E-state index < -0.39 is 0 Å². The van der Waals surface area contributed by atoms with E-state index in [1.807, 2.05) is 151 Å². The Morgan fingerprint density at radius 2 is 0.533 bits per heavy atom. The van der Waals surface area contributed by atoms with Crippen molar-refractivity contribution in [3.8, 4) is 17.2 Å². The second-order valence-electron chi connectivity index (χ2n) is 26.4. The summed E-state index contributed by atoms with van der Waals surface area (Å²) in [4.78, 5) is 44.5. The highest BCUT2D eigenvalue weighted by Gasteiger charge is 2.28. The Bertz CT molecular complexity index is 2700. The summed E-state index contributed by atoms with van der Waals surface area (Å²) in [5, 5.41) is 29.2. The van der Waals surface area contributed by atoms with E-state index in [1.54, 1.807) is 0 Å². The Morgan fingerprint density at radius 3 is 0.711 bits per heavy atom. The molecule has 0 spiro atoms. The molecular formula is C78H111N3O9. The van der Waals surface area contributed by atoms with Crippen LogP contribution in [-0.4, -0.2) is 104 Å². The molecule has 0 saturated carbocycles. The van der Waals surface area contributed by atoms with E-state index in [-0.39, 0.29) is 73.2 Å². The van der Waals surface area contributed by atoms with Gasteiger partial charge in [0.1, 0.15) is 17.2 Å². The maximum Gasteiger partial charge on any atom is 0.313 e. The second-order valence-corrected chi connectivity index (χ2v) is 26.4. The SMILES string of the molecule is CC(C)C(=O)Oc1ccc(CO)cc1[C@H](CCN(C(C)C)C(C)C)c1ccccc1.CC(C)C(=O)Oc1ccc(CO)cc1[C@H](CCN(C(C)C)C(C)C)c1ccccc1.CC(C)C(=O)Oc1ccc(CO)cc1[C@H](CCN(C(C)C)C(C)C)c1ccccc1. The first-order valence-electron chi connectivity index (χ1n) is 33.0. The third-order valence-electron chi connectivity index (χ3n) is 16.6. The average molecular weight is 1230 g/mol. The van der Waals surface area contributed by atoms with Crippen LogP contribution in [0.3, 0.4) is 0 Å². The first kappa shape index (κ1) is 75.9. The van der Waals surface area contributed by atoms with E-state index in [0.29, 0.717) is 53.5 Å². The summed E-state index contributed by atoms with van der Waals surface area (Å²) < 4.78 is 17.3. The monoisotopic (exact) mass is 1230 g/mol. The van der Waals surface area contributed by atoms with Crippen LogP contribution in [0.4, 0.5) is 0 Å². The van der Waals surface area contributed by atoms with Crippen LogP contribution in [0.1, 0.15) is 212 Å². The van der Waals surface area contributed by atoms with E-state index in [2.05, 4.69) is 134 Å². The first-order chi connectivity index (χ1) is 42.7. The maximum absolute atomic E-state index is 12.3. The predicted octanol–water partition coefficient (Wildman–Crippen LogP) is 16.1. The molecule has 0 bridgehead atoms. The van der Waals surface area contributed by atoms with Crippen LogP contribution in [-0.2, 0) is 34.2 Å². The van der Waals surface area contributed by atoms with Crippen molar-refractivity contribution in [2.75, 3.05) is 19.6 Å². The van der Waals surface area contributed by atoms with Crippen molar-refractivity contribution in [2.24, 2.45) is 17.8 Å². The molecule has 6 aromatic carbocycles. The van der Waals surface area contributed by atoms with Crippen molar-refractivity contribution < 1.29 is 43.9 Å². The van der Waals surface area contributed by atoms with Gasteiger partial charge in [0.25, 0.3) is 0 Å². The van der Waals surface area contributed by atoms with E-state index in [1.165, 1.54) is 16.7 Å². The highest BCUT2D eigenvalue weighted by atomic mass is 16.5. The summed E-state index contributed by atoms with van der Waals surface area (Å²) in [6, 6.07) is 50.6. The van der Waals surface area contributed by atoms with Crippen LogP contribution in [0.5, 0.6) is 17.2 Å². The Balaban J connectivity index is 0.000000288. The van der Waals surface area contributed by atoms with Gasteiger partial charge in [0, 0.05) is 70.7 Å². The van der Waals surface area contributed by atoms with Crippen LogP contribution in [0.15, 0.2) is 146 Å². The van der Waals surface area contributed by atoms with Gasteiger partial charge in [-0.1, -0.05) is 151 Å². The van der Waals surface area contributed by atoms with Gasteiger partial charge >= 0.3 is 17.9 Å². The molecule has 0 fully saturated rings. The Labute approximate surface area is 542 Å². The zero-order valence-electron chi connectivity index (χ0n) is 57.8. The number of hydrogen-bond donors (Lipinski definition) is 3. The maximum atomic E-state index is 12.3.